The van der Waals surface area contributed by atoms with E-state index in [0.717, 1.165) is 19.3 Å². The molecule has 0 aromatic heterocycles. The number of aliphatic hydroxyl groups is 1. The van der Waals surface area contributed by atoms with E-state index in [1.165, 1.54) is 12.1 Å². The van der Waals surface area contributed by atoms with E-state index in [4.69, 9.17) is 9.84 Å². The van der Waals surface area contributed by atoms with Crippen LogP contribution in [0, 0.1) is 0 Å². The van der Waals surface area contributed by atoms with Crippen LogP contribution in [0.4, 0.5) is 0 Å². The van der Waals surface area contributed by atoms with E-state index >= 15 is 0 Å². The summed E-state index contributed by atoms with van der Waals surface area (Å²) in [4.78, 5) is 0.242. The third kappa shape index (κ3) is 6.03. The smallest absolute Gasteiger partial charge is 0.240 e. The molecule has 1 aromatic rings. The molecule has 0 heterocycles. The van der Waals surface area contributed by atoms with Crippen LogP contribution in [0.2, 0.25) is 0 Å². The SMILES string of the molecule is CCCC(CC)NS(=O)(=O)c1ccc(OCCCO)cc1. The van der Waals surface area contributed by atoms with E-state index in [1.807, 2.05) is 13.8 Å². The first-order valence-corrected chi connectivity index (χ1v) is 8.87. The molecule has 120 valence electrons. The summed E-state index contributed by atoms with van der Waals surface area (Å²) >= 11 is 0. The summed E-state index contributed by atoms with van der Waals surface area (Å²) in [6.45, 7) is 4.50. The lowest BCUT2D eigenvalue weighted by atomic mass is 10.1. The monoisotopic (exact) mass is 315 g/mol. The number of hydrogen-bond donors (Lipinski definition) is 2. The molecule has 0 saturated heterocycles. The Hall–Kier alpha value is -1.11. The molecule has 2 N–H and O–H groups in total. The predicted molar refractivity (Wildman–Crippen MR) is 82.9 cm³/mol. The minimum Gasteiger partial charge on any atom is -0.494 e. The van der Waals surface area contributed by atoms with Gasteiger partial charge in [-0.15, -0.1) is 0 Å². The zero-order chi connectivity index (χ0) is 15.7. The van der Waals surface area contributed by atoms with Gasteiger partial charge in [0, 0.05) is 19.1 Å². The predicted octanol–water partition coefficient (Wildman–Crippen LogP) is 2.30. The third-order valence-corrected chi connectivity index (χ3v) is 4.69. The molecule has 1 atom stereocenters. The van der Waals surface area contributed by atoms with Crippen molar-refractivity contribution in [3.63, 3.8) is 0 Å². The molecule has 5 nitrogen and oxygen atoms in total. The summed E-state index contributed by atoms with van der Waals surface area (Å²) in [5.41, 5.74) is 0. The Bertz CT molecular complexity index is 499. The first-order valence-electron chi connectivity index (χ1n) is 7.39. The fraction of sp³-hybridized carbons (Fsp3) is 0.600. The van der Waals surface area contributed by atoms with Crippen molar-refractivity contribution < 1.29 is 18.3 Å². The average molecular weight is 315 g/mol. The minimum atomic E-state index is -3.48. The highest BCUT2D eigenvalue weighted by Gasteiger charge is 2.18. The summed E-state index contributed by atoms with van der Waals surface area (Å²) in [5, 5.41) is 8.68. The number of rotatable bonds is 10. The normalized spacial score (nSPS) is 13.1. The Kier molecular flexibility index (Phi) is 7.71. The molecule has 1 rings (SSSR count). The lowest BCUT2D eigenvalue weighted by molar-refractivity contribution is 0.233. The van der Waals surface area contributed by atoms with Crippen molar-refractivity contribution in [2.45, 2.75) is 50.5 Å². The largest absolute Gasteiger partial charge is 0.494 e. The fourth-order valence-corrected chi connectivity index (χ4v) is 3.31. The van der Waals surface area contributed by atoms with E-state index in [2.05, 4.69) is 4.72 Å². The Morgan fingerprint density at radius 2 is 1.90 bits per heavy atom. The Balaban J connectivity index is 2.70. The van der Waals surface area contributed by atoms with Gasteiger partial charge in [0.05, 0.1) is 11.5 Å². The molecule has 0 aliphatic carbocycles. The van der Waals surface area contributed by atoms with E-state index in [0.29, 0.717) is 18.8 Å². The molecule has 1 aromatic carbocycles. The van der Waals surface area contributed by atoms with E-state index in [1.54, 1.807) is 12.1 Å². The molecule has 0 radical (unpaired) electrons. The van der Waals surface area contributed by atoms with Gasteiger partial charge in [-0.3, -0.25) is 0 Å². The molecule has 21 heavy (non-hydrogen) atoms. The van der Waals surface area contributed by atoms with Crippen molar-refractivity contribution in [2.24, 2.45) is 0 Å². The molecule has 0 bridgehead atoms. The van der Waals surface area contributed by atoms with Crippen LogP contribution in [-0.2, 0) is 10.0 Å². The highest BCUT2D eigenvalue weighted by atomic mass is 32.2. The van der Waals surface area contributed by atoms with Gasteiger partial charge in [0.1, 0.15) is 5.75 Å². The number of ether oxygens (including phenoxy) is 1. The van der Waals surface area contributed by atoms with Crippen molar-refractivity contribution >= 4 is 10.0 Å². The Morgan fingerprint density at radius 3 is 2.43 bits per heavy atom. The minimum absolute atomic E-state index is 0.0273. The van der Waals surface area contributed by atoms with Crippen LogP contribution < -0.4 is 9.46 Å². The second-order valence-electron chi connectivity index (χ2n) is 4.91. The maximum atomic E-state index is 12.3. The topological polar surface area (TPSA) is 75.6 Å². The fourth-order valence-electron chi connectivity index (χ4n) is 1.95. The number of hydrogen-bond acceptors (Lipinski definition) is 4. The van der Waals surface area contributed by atoms with Crippen LogP contribution in [0.3, 0.4) is 0 Å². The quantitative estimate of drug-likeness (QED) is 0.650. The second-order valence-corrected chi connectivity index (χ2v) is 6.63. The van der Waals surface area contributed by atoms with Crippen molar-refractivity contribution in [2.75, 3.05) is 13.2 Å². The van der Waals surface area contributed by atoms with Crippen LogP contribution in [0.15, 0.2) is 29.2 Å². The molecule has 0 amide bonds. The maximum absolute atomic E-state index is 12.3. The molecular weight excluding hydrogens is 290 g/mol. The lowest BCUT2D eigenvalue weighted by Crippen LogP contribution is -2.34. The zero-order valence-corrected chi connectivity index (χ0v) is 13.5. The molecule has 0 aliphatic rings. The second kappa shape index (κ2) is 9.02. The Labute approximate surface area is 127 Å². The first-order chi connectivity index (χ1) is 10.0. The van der Waals surface area contributed by atoms with Gasteiger partial charge in [-0.05, 0) is 37.1 Å². The van der Waals surface area contributed by atoms with E-state index in [9.17, 15) is 8.42 Å². The number of sulfonamides is 1. The third-order valence-electron chi connectivity index (χ3n) is 3.16. The number of nitrogens with one attached hydrogen (secondary N) is 1. The van der Waals surface area contributed by atoms with Crippen molar-refractivity contribution in [1.82, 2.24) is 4.72 Å². The van der Waals surface area contributed by atoms with Gasteiger partial charge in [-0.1, -0.05) is 20.3 Å². The molecule has 0 spiro atoms. The number of aliphatic hydroxyl groups excluding tert-OH is 1. The molecule has 0 saturated carbocycles. The van der Waals surface area contributed by atoms with Gasteiger partial charge < -0.3 is 9.84 Å². The van der Waals surface area contributed by atoms with Crippen LogP contribution in [0.1, 0.15) is 39.5 Å². The summed E-state index contributed by atoms with van der Waals surface area (Å²) < 4.78 is 32.6. The maximum Gasteiger partial charge on any atom is 0.240 e. The lowest BCUT2D eigenvalue weighted by Gasteiger charge is -2.16. The van der Waals surface area contributed by atoms with Crippen molar-refractivity contribution in [1.29, 1.82) is 0 Å². The highest BCUT2D eigenvalue weighted by Crippen LogP contribution is 2.17. The van der Waals surface area contributed by atoms with E-state index in [-0.39, 0.29) is 17.5 Å². The molecule has 1 unspecified atom stereocenters. The summed E-state index contributed by atoms with van der Waals surface area (Å²) in [6.07, 6.45) is 3.10. The molecule has 0 fully saturated rings. The van der Waals surface area contributed by atoms with Crippen LogP contribution in [-0.4, -0.2) is 32.8 Å². The average Bonchev–Trinajstić information content (AvgIpc) is 2.47. The van der Waals surface area contributed by atoms with Crippen LogP contribution in [0.25, 0.3) is 0 Å². The van der Waals surface area contributed by atoms with Crippen LogP contribution >= 0.6 is 0 Å². The Morgan fingerprint density at radius 1 is 1.24 bits per heavy atom. The van der Waals surface area contributed by atoms with E-state index < -0.39 is 10.0 Å². The molecule has 6 heteroatoms. The first kappa shape index (κ1) is 17.9. The van der Waals surface area contributed by atoms with Gasteiger partial charge in [0.2, 0.25) is 10.0 Å². The zero-order valence-electron chi connectivity index (χ0n) is 12.7. The van der Waals surface area contributed by atoms with Gasteiger partial charge in [-0.25, -0.2) is 13.1 Å². The summed E-state index contributed by atoms with van der Waals surface area (Å²) in [6, 6.07) is 6.31. The van der Waals surface area contributed by atoms with Crippen molar-refractivity contribution in [3.8, 4) is 5.75 Å². The van der Waals surface area contributed by atoms with Crippen molar-refractivity contribution in [3.05, 3.63) is 24.3 Å². The molecular formula is C15H25NO4S. The highest BCUT2D eigenvalue weighted by molar-refractivity contribution is 7.89. The van der Waals surface area contributed by atoms with Gasteiger partial charge in [0.25, 0.3) is 0 Å². The summed E-state index contributed by atoms with van der Waals surface area (Å²) in [7, 11) is -3.48. The van der Waals surface area contributed by atoms with Gasteiger partial charge in [0.15, 0.2) is 0 Å². The molecule has 0 aliphatic heterocycles. The van der Waals surface area contributed by atoms with Gasteiger partial charge in [-0.2, -0.15) is 0 Å². The van der Waals surface area contributed by atoms with Gasteiger partial charge >= 0.3 is 0 Å². The standard InChI is InChI=1S/C15H25NO4S/c1-3-6-13(4-2)16-21(18,19)15-9-7-14(8-10-15)20-12-5-11-17/h7-10,13,16-17H,3-6,11-12H2,1-2H3. The van der Waals surface area contributed by atoms with Crippen LogP contribution in [0.5, 0.6) is 5.75 Å². The number of benzene rings is 1. The summed E-state index contributed by atoms with van der Waals surface area (Å²) in [5.74, 6) is 0.600.